The number of urea groups is 1. The van der Waals surface area contributed by atoms with Gasteiger partial charge in [0.1, 0.15) is 4.57 Å². The van der Waals surface area contributed by atoms with Crippen molar-refractivity contribution in [2.45, 2.75) is 54.1 Å². The maximum atomic E-state index is 12.1. The van der Waals surface area contributed by atoms with Gasteiger partial charge in [-0.25, -0.2) is 4.79 Å². The van der Waals surface area contributed by atoms with Gasteiger partial charge in [-0.1, -0.05) is 46.6 Å². The van der Waals surface area contributed by atoms with Crippen LogP contribution in [0.5, 0.6) is 0 Å². The molecule has 0 saturated carbocycles. The van der Waals surface area contributed by atoms with Crippen LogP contribution < -0.4 is 16.0 Å². The van der Waals surface area contributed by atoms with Crippen molar-refractivity contribution in [2.75, 3.05) is 5.75 Å². The van der Waals surface area contributed by atoms with Crippen LogP contribution in [0.4, 0.5) is 4.79 Å². The number of thioether (sulfide) groups is 1. The largest absolute Gasteiger partial charge is 0.352 e. The maximum Gasteiger partial charge on any atom is 0.343 e. The van der Waals surface area contributed by atoms with E-state index in [4.69, 9.17) is 0 Å². The quantitative estimate of drug-likeness (QED) is 0.152. The lowest BCUT2D eigenvalue weighted by Gasteiger charge is -2.16. The van der Waals surface area contributed by atoms with Gasteiger partial charge < -0.3 is 25.7 Å². The molecule has 2 heterocycles. The van der Waals surface area contributed by atoms with Crippen LogP contribution in [0, 0.1) is 0 Å². The van der Waals surface area contributed by atoms with Gasteiger partial charge in [-0.15, -0.1) is 0 Å². The van der Waals surface area contributed by atoms with Crippen LogP contribution in [0.3, 0.4) is 0 Å². The zero-order valence-corrected chi connectivity index (χ0v) is 19.0. The second-order valence-corrected chi connectivity index (χ2v) is 11.9. The van der Waals surface area contributed by atoms with Gasteiger partial charge in [-0.05, 0) is 24.0 Å². The summed E-state index contributed by atoms with van der Waals surface area (Å²) in [6, 6.07) is 7.13. The Kier molecular flexibility index (Phi) is 7.67. The number of nitrogens with one attached hydrogen (secondary N) is 3. The Balaban J connectivity index is 1.33. The molecule has 5 N–H and O–H groups in total. The predicted molar refractivity (Wildman–Crippen MR) is 116 cm³/mol. The summed E-state index contributed by atoms with van der Waals surface area (Å²) in [7, 11) is -4.24. The molecule has 2 fully saturated rings. The molecule has 3 amide bonds. The Labute approximate surface area is 182 Å². The minimum Gasteiger partial charge on any atom is -0.352 e. The fourth-order valence-corrected chi connectivity index (χ4v) is 5.96. The standard InChI is InChI=1S/C18H25BrN3O5PS/c19-17(28(25,26)27)12-7-5-11(6-8-12)9-20-15(23)4-2-1-3-14-16-13(10-29-14)21-18(24)22-16/h5-8,13-14,16-17H,1-4,9-10H2,(H,20,23)(H2,21,22,24)(H2,25,26,27)/t13-,14-,16-,17?/m1/s1. The zero-order valence-electron chi connectivity index (χ0n) is 15.7. The first kappa shape index (κ1) is 22.6. The van der Waals surface area contributed by atoms with Crippen molar-refractivity contribution < 1.29 is 23.9 Å². The van der Waals surface area contributed by atoms with E-state index in [9.17, 15) is 23.9 Å². The van der Waals surface area contributed by atoms with E-state index in [1.165, 1.54) is 0 Å². The smallest absolute Gasteiger partial charge is 0.343 e. The minimum absolute atomic E-state index is 0.0181. The average Bonchev–Trinajstić information content (AvgIpc) is 3.22. The maximum absolute atomic E-state index is 12.1. The van der Waals surface area contributed by atoms with Crippen LogP contribution in [-0.4, -0.2) is 44.8 Å². The van der Waals surface area contributed by atoms with Gasteiger partial charge >= 0.3 is 13.6 Å². The molecule has 8 nitrogen and oxygen atoms in total. The summed E-state index contributed by atoms with van der Waals surface area (Å²) in [5, 5.41) is 9.19. The summed E-state index contributed by atoms with van der Waals surface area (Å²) in [5.41, 5.74) is 1.36. The summed E-state index contributed by atoms with van der Waals surface area (Å²) in [5.74, 6) is 0.924. The number of amides is 3. The highest BCUT2D eigenvalue weighted by atomic mass is 79.9. The number of fused-ring (bicyclic) bond motifs is 1. The van der Waals surface area contributed by atoms with E-state index in [1.54, 1.807) is 24.3 Å². The van der Waals surface area contributed by atoms with Gasteiger partial charge in [0.05, 0.1) is 12.1 Å². The molecular weight excluding hydrogens is 481 g/mol. The molecular formula is C18H25BrN3O5PS. The van der Waals surface area contributed by atoms with Crippen LogP contribution in [0.1, 0.15) is 41.4 Å². The average molecular weight is 506 g/mol. The van der Waals surface area contributed by atoms with E-state index < -0.39 is 12.2 Å². The fraction of sp³-hybridized carbons (Fsp3) is 0.556. The molecule has 4 atom stereocenters. The number of alkyl halides is 1. The molecule has 1 aromatic rings. The SMILES string of the molecule is O=C(CCCC[C@H]1SC[C@H]2NC(=O)N[C@H]21)NCc1ccc(C(Br)P(=O)(O)O)cc1. The first-order valence-corrected chi connectivity index (χ1v) is 13.1. The van der Waals surface area contributed by atoms with Gasteiger partial charge in [0.15, 0.2) is 0 Å². The van der Waals surface area contributed by atoms with E-state index in [0.717, 1.165) is 30.6 Å². The van der Waals surface area contributed by atoms with Crippen molar-refractivity contribution in [3.8, 4) is 0 Å². The third kappa shape index (κ3) is 6.21. The Morgan fingerprint density at radius 3 is 2.69 bits per heavy atom. The highest BCUT2D eigenvalue weighted by Gasteiger charge is 2.42. The van der Waals surface area contributed by atoms with E-state index in [1.807, 2.05) is 11.8 Å². The molecule has 11 heteroatoms. The molecule has 160 valence electrons. The van der Waals surface area contributed by atoms with Crippen molar-refractivity contribution in [3.63, 3.8) is 0 Å². The van der Waals surface area contributed by atoms with Crippen LogP contribution in [-0.2, 0) is 15.9 Å². The van der Waals surface area contributed by atoms with E-state index in [2.05, 4.69) is 31.9 Å². The number of rotatable bonds is 9. The van der Waals surface area contributed by atoms with Crippen LogP contribution >= 0.6 is 35.3 Å². The van der Waals surface area contributed by atoms with Crippen LogP contribution in [0.2, 0.25) is 0 Å². The van der Waals surface area contributed by atoms with Crippen molar-refractivity contribution in [1.29, 1.82) is 0 Å². The summed E-state index contributed by atoms with van der Waals surface area (Å²) in [4.78, 5) is 41.8. The first-order chi connectivity index (χ1) is 13.7. The Bertz CT molecular complexity index is 790. The molecule has 0 radical (unpaired) electrons. The normalized spacial score (nSPS) is 24.5. The molecule has 1 unspecified atom stereocenters. The highest BCUT2D eigenvalue weighted by Crippen LogP contribution is 2.55. The third-order valence-electron chi connectivity index (χ3n) is 5.12. The van der Waals surface area contributed by atoms with Crippen molar-refractivity contribution in [2.24, 2.45) is 0 Å². The first-order valence-electron chi connectivity index (χ1n) is 9.47. The molecule has 2 aliphatic heterocycles. The number of unbranched alkanes of at least 4 members (excludes halogenated alkanes) is 1. The lowest BCUT2D eigenvalue weighted by atomic mass is 10.0. The molecule has 2 aliphatic rings. The number of halogens is 1. The van der Waals surface area contributed by atoms with Crippen molar-refractivity contribution in [1.82, 2.24) is 16.0 Å². The summed E-state index contributed by atoms with van der Waals surface area (Å²) in [6.07, 6.45) is 3.17. The number of carbonyl (C=O) groups is 2. The molecule has 0 aliphatic carbocycles. The molecule has 0 spiro atoms. The van der Waals surface area contributed by atoms with Gasteiger partial charge in [-0.3, -0.25) is 9.36 Å². The Morgan fingerprint density at radius 2 is 2.00 bits per heavy atom. The highest BCUT2D eigenvalue weighted by molar-refractivity contribution is 9.10. The van der Waals surface area contributed by atoms with Gasteiger partial charge in [0.25, 0.3) is 0 Å². The molecule has 29 heavy (non-hydrogen) atoms. The lowest BCUT2D eigenvalue weighted by molar-refractivity contribution is -0.121. The molecule has 3 rings (SSSR count). The van der Waals surface area contributed by atoms with E-state index in [0.29, 0.717) is 23.8 Å². The minimum atomic E-state index is -4.24. The molecule has 1 aromatic carbocycles. The van der Waals surface area contributed by atoms with Crippen molar-refractivity contribution >= 4 is 47.2 Å². The second kappa shape index (κ2) is 9.83. The third-order valence-corrected chi connectivity index (χ3v) is 9.65. The lowest BCUT2D eigenvalue weighted by Crippen LogP contribution is -2.36. The second-order valence-electron chi connectivity index (χ2n) is 7.31. The van der Waals surface area contributed by atoms with E-state index >= 15 is 0 Å². The molecule has 2 saturated heterocycles. The van der Waals surface area contributed by atoms with Gasteiger partial charge in [0, 0.05) is 24.0 Å². The van der Waals surface area contributed by atoms with Crippen LogP contribution in [0.15, 0.2) is 24.3 Å². The van der Waals surface area contributed by atoms with Gasteiger partial charge in [0.2, 0.25) is 5.91 Å². The number of benzene rings is 1. The monoisotopic (exact) mass is 505 g/mol. The summed E-state index contributed by atoms with van der Waals surface area (Å²) < 4.78 is 10.2. The Morgan fingerprint density at radius 1 is 1.28 bits per heavy atom. The van der Waals surface area contributed by atoms with Crippen molar-refractivity contribution in [3.05, 3.63) is 35.4 Å². The predicted octanol–water partition coefficient (Wildman–Crippen LogP) is 2.60. The topological polar surface area (TPSA) is 128 Å². The fourth-order valence-electron chi connectivity index (χ4n) is 3.55. The number of hydrogen-bond donors (Lipinski definition) is 5. The Hall–Kier alpha value is -1.06. The summed E-state index contributed by atoms with van der Waals surface area (Å²) in [6.45, 7) is 0.377. The van der Waals surface area contributed by atoms with Gasteiger partial charge in [-0.2, -0.15) is 11.8 Å². The van der Waals surface area contributed by atoms with Crippen LogP contribution in [0.25, 0.3) is 0 Å². The summed E-state index contributed by atoms with van der Waals surface area (Å²) >= 11 is 4.89. The number of hydrogen-bond acceptors (Lipinski definition) is 4. The number of carbonyl (C=O) groups excluding carboxylic acids is 2. The van der Waals surface area contributed by atoms with E-state index in [-0.39, 0.29) is 24.0 Å². The zero-order chi connectivity index (χ0) is 21.0. The molecule has 0 aromatic heterocycles. The molecule has 0 bridgehead atoms.